The second-order valence-corrected chi connectivity index (χ2v) is 7.48. The van der Waals surface area contributed by atoms with Crippen LogP contribution in [0.4, 0.5) is 14.6 Å². The smallest absolute Gasteiger partial charge is 0.243 e. The van der Waals surface area contributed by atoms with E-state index in [0.29, 0.717) is 29.5 Å². The third-order valence-electron chi connectivity index (χ3n) is 5.30. The second kappa shape index (κ2) is 7.78. The molecule has 1 aromatic carbocycles. The number of rotatable bonds is 4. The molecule has 3 aromatic rings. The van der Waals surface area contributed by atoms with Gasteiger partial charge >= 0.3 is 0 Å². The van der Waals surface area contributed by atoms with Gasteiger partial charge in [0.25, 0.3) is 0 Å². The van der Waals surface area contributed by atoms with Crippen molar-refractivity contribution < 1.29 is 13.6 Å². The Morgan fingerprint density at radius 1 is 1.33 bits per heavy atom. The average molecular weight is 451 g/mol. The first-order chi connectivity index (χ1) is 14.4. The number of carbonyl (C=O) groups is 1. The number of benzene rings is 1. The molecule has 0 radical (unpaired) electrons. The molecular formula is C19H14Cl2F2N6O. The van der Waals surface area contributed by atoms with E-state index in [-0.39, 0.29) is 28.6 Å². The highest BCUT2D eigenvalue weighted by Gasteiger charge is 2.30. The van der Waals surface area contributed by atoms with Crippen molar-refractivity contribution in [1.82, 2.24) is 19.6 Å². The van der Waals surface area contributed by atoms with Gasteiger partial charge in [0, 0.05) is 0 Å². The van der Waals surface area contributed by atoms with Crippen molar-refractivity contribution in [1.29, 1.82) is 5.26 Å². The lowest BCUT2D eigenvalue weighted by molar-refractivity contribution is -0.116. The van der Waals surface area contributed by atoms with Crippen molar-refractivity contribution in [2.45, 2.75) is 32.7 Å². The number of aromatic nitrogens is 4. The van der Waals surface area contributed by atoms with Gasteiger partial charge in [-0.3, -0.25) is 14.1 Å². The first-order valence-electron chi connectivity index (χ1n) is 9.02. The summed E-state index contributed by atoms with van der Waals surface area (Å²) in [6, 6.07) is 2.12. The molecule has 154 valence electrons. The van der Waals surface area contributed by atoms with Crippen LogP contribution in [0, 0.1) is 29.9 Å². The normalized spacial score (nSPS) is 12.8. The Labute approximate surface area is 179 Å². The summed E-state index contributed by atoms with van der Waals surface area (Å²) in [7, 11) is 0. The van der Waals surface area contributed by atoms with Gasteiger partial charge in [-0.2, -0.15) is 14.6 Å². The van der Waals surface area contributed by atoms with Crippen molar-refractivity contribution in [3.05, 3.63) is 51.1 Å². The summed E-state index contributed by atoms with van der Waals surface area (Å²) in [6.45, 7) is 1.24. The molecule has 0 bridgehead atoms. The number of hydrogen-bond acceptors (Lipinski definition) is 5. The molecule has 0 spiro atoms. The van der Waals surface area contributed by atoms with Crippen molar-refractivity contribution in [2.24, 2.45) is 0 Å². The number of fused-ring (bicyclic) bond motifs is 2. The van der Waals surface area contributed by atoms with Crippen LogP contribution in [-0.4, -0.2) is 31.4 Å². The van der Waals surface area contributed by atoms with Gasteiger partial charge in [0.05, 0.1) is 18.2 Å². The largest absolute Gasteiger partial charge is 0.289 e. The molecule has 0 N–H and O–H groups in total. The molecule has 4 rings (SSSR count). The van der Waals surface area contributed by atoms with Crippen molar-refractivity contribution in [3.8, 4) is 6.07 Å². The number of amides is 1. The summed E-state index contributed by atoms with van der Waals surface area (Å²) in [5, 5.41) is 16.8. The molecule has 1 aliphatic carbocycles. The van der Waals surface area contributed by atoms with E-state index < -0.39 is 29.2 Å². The molecule has 0 atom stereocenters. The molecule has 0 unspecified atom stereocenters. The van der Waals surface area contributed by atoms with E-state index in [0.717, 1.165) is 15.7 Å². The summed E-state index contributed by atoms with van der Waals surface area (Å²) in [5.74, 6) is -2.94. The Morgan fingerprint density at radius 3 is 2.77 bits per heavy atom. The van der Waals surface area contributed by atoms with Gasteiger partial charge in [0.1, 0.15) is 18.0 Å². The van der Waals surface area contributed by atoms with Crippen LogP contribution in [0.15, 0.2) is 6.33 Å². The molecule has 2 aromatic heterocycles. The number of nitrogens with zero attached hydrogens (tertiary/aromatic N) is 6. The molecule has 0 aliphatic heterocycles. The second-order valence-electron chi connectivity index (χ2n) is 6.87. The Balaban J connectivity index is 1.90. The maximum atomic E-state index is 15.1. The molecule has 1 aliphatic rings. The predicted octanol–water partition coefficient (Wildman–Crippen LogP) is 3.50. The Morgan fingerprint density at radius 2 is 2.07 bits per heavy atom. The van der Waals surface area contributed by atoms with Gasteiger partial charge in [0.2, 0.25) is 22.7 Å². The first kappa shape index (κ1) is 20.4. The minimum atomic E-state index is -0.937. The summed E-state index contributed by atoms with van der Waals surface area (Å²) >= 11 is 11.8. The minimum absolute atomic E-state index is 0.170. The zero-order valence-electron chi connectivity index (χ0n) is 15.7. The van der Waals surface area contributed by atoms with Gasteiger partial charge in [-0.05, 0) is 60.0 Å². The predicted molar refractivity (Wildman–Crippen MR) is 106 cm³/mol. The highest BCUT2D eigenvalue weighted by molar-refractivity contribution is 6.30. The number of hydrogen-bond donors (Lipinski definition) is 0. The van der Waals surface area contributed by atoms with Gasteiger partial charge in [-0.15, -0.1) is 21.8 Å². The summed E-state index contributed by atoms with van der Waals surface area (Å²) in [5.41, 5.74) is 1.74. The van der Waals surface area contributed by atoms with E-state index in [1.807, 2.05) is 0 Å². The topological polar surface area (TPSA) is 87.2 Å². The lowest BCUT2D eigenvalue weighted by Gasteiger charge is -2.24. The molecule has 0 fully saturated rings. The monoisotopic (exact) mass is 450 g/mol. The molecule has 7 nitrogen and oxygen atoms in total. The lowest BCUT2D eigenvalue weighted by Crippen LogP contribution is -2.34. The molecule has 0 saturated heterocycles. The van der Waals surface area contributed by atoms with Crippen molar-refractivity contribution in [2.75, 3.05) is 10.8 Å². The quantitative estimate of drug-likeness (QED) is 0.448. The summed E-state index contributed by atoms with van der Waals surface area (Å²) in [6.07, 6.45) is 3.04. The Bertz CT molecular complexity index is 1240. The lowest BCUT2D eigenvalue weighted by atomic mass is 9.93. The zero-order chi connectivity index (χ0) is 21.6. The SMILES string of the molecule is Cc1c(F)c2c(c(C#N)c1CN(C(=O)CCl)c1nc(Cl)n3cnnc3c1F)CCC2. The number of carbonyl (C=O) groups excluding carboxylic acids is 1. The molecule has 30 heavy (non-hydrogen) atoms. The standard InChI is InChI=1S/C19H14Cl2F2N6O/c1-9-13(12(6-24)10-3-2-4-11(10)15(9)22)7-28(14(30)5-20)17-16(23)18-27-25-8-29(18)19(21)26-17/h8H,2-5,7H2,1H3. The van der Waals surface area contributed by atoms with Gasteiger partial charge in [-0.1, -0.05) is 0 Å². The van der Waals surface area contributed by atoms with E-state index >= 15 is 4.39 Å². The van der Waals surface area contributed by atoms with Crippen LogP contribution in [0.25, 0.3) is 5.65 Å². The van der Waals surface area contributed by atoms with E-state index in [9.17, 15) is 14.4 Å². The van der Waals surface area contributed by atoms with E-state index in [2.05, 4.69) is 21.3 Å². The molecule has 1 amide bonds. The third kappa shape index (κ3) is 3.07. The highest BCUT2D eigenvalue weighted by atomic mass is 35.5. The Kier molecular flexibility index (Phi) is 5.30. The summed E-state index contributed by atoms with van der Waals surface area (Å²) < 4.78 is 31.2. The molecule has 0 saturated carbocycles. The highest BCUT2D eigenvalue weighted by Crippen LogP contribution is 2.35. The van der Waals surface area contributed by atoms with Gasteiger partial charge < -0.3 is 0 Å². The van der Waals surface area contributed by atoms with Crippen LogP contribution in [0.5, 0.6) is 0 Å². The molecule has 11 heteroatoms. The number of nitriles is 1. The fraction of sp³-hybridized carbons (Fsp3) is 0.316. The average Bonchev–Trinajstić information content (AvgIpc) is 3.42. The minimum Gasteiger partial charge on any atom is -0.289 e. The van der Waals surface area contributed by atoms with Crippen LogP contribution in [-0.2, 0) is 24.2 Å². The van der Waals surface area contributed by atoms with Crippen molar-refractivity contribution >= 4 is 40.6 Å². The third-order valence-corrected chi connectivity index (χ3v) is 5.80. The first-order valence-corrected chi connectivity index (χ1v) is 9.94. The fourth-order valence-electron chi connectivity index (χ4n) is 3.82. The molecule has 2 heterocycles. The fourth-order valence-corrected chi connectivity index (χ4v) is 4.17. The van der Waals surface area contributed by atoms with Crippen LogP contribution < -0.4 is 4.90 Å². The summed E-state index contributed by atoms with van der Waals surface area (Å²) in [4.78, 5) is 17.5. The number of alkyl halides is 1. The van der Waals surface area contributed by atoms with E-state index in [1.54, 1.807) is 0 Å². The molecular weight excluding hydrogens is 437 g/mol. The van der Waals surface area contributed by atoms with Crippen LogP contribution in [0.2, 0.25) is 5.28 Å². The Hall–Kier alpha value is -2.83. The van der Waals surface area contributed by atoms with E-state index in [4.69, 9.17) is 23.2 Å². The van der Waals surface area contributed by atoms with Crippen LogP contribution >= 0.6 is 23.2 Å². The van der Waals surface area contributed by atoms with Crippen LogP contribution in [0.1, 0.15) is 34.2 Å². The van der Waals surface area contributed by atoms with Gasteiger partial charge in [0.15, 0.2) is 5.82 Å². The van der Waals surface area contributed by atoms with E-state index in [1.165, 1.54) is 13.3 Å². The maximum Gasteiger partial charge on any atom is 0.243 e. The maximum absolute atomic E-state index is 15.1. The number of halogens is 4. The van der Waals surface area contributed by atoms with Gasteiger partial charge in [-0.25, -0.2) is 4.39 Å². The zero-order valence-corrected chi connectivity index (χ0v) is 17.2. The van der Waals surface area contributed by atoms with Crippen molar-refractivity contribution in [3.63, 3.8) is 0 Å². The van der Waals surface area contributed by atoms with Crippen LogP contribution in [0.3, 0.4) is 0 Å². The number of anilines is 1.